The van der Waals surface area contributed by atoms with Crippen molar-refractivity contribution in [3.05, 3.63) is 29.6 Å². The van der Waals surface area contributed by atoms with Gasteiger partial charge in [0.05, 0.1) is 17.6 Å². The second-order valence-corrected chi connectivity index (χ2v) is 5.97. The predicted molar refractivity (Wildman–Crippen MR) is 80.2 cm³/mol. The van der Waals surface area contributed by atoms with Crippen LogP contribution in [0.3, 0.4) is 0 Å². The zero-order chi connectivity index (χ0) is 14.3. The summed E-state index contributed by atoms with van der Waals surface area (Å²) in [6.45, 7) is 4.69. The molecule has 20 heavy (non-hydrogen) atoms. The van der Waals surface area contributed by atoms with Gasteiger partial charge in [-0.15, -0.1) is 0 Å². The molecule has 4 nitrogen and oxygen atoms in total. The van der Waals surface area contributed by atoms with Gasteiger partial charge >= 0.3 is 0 Å². The first-order valence-electron chi connectivity index (χ1n) is 7.29. The highest BCUT2D eigenvalue weighted by molar-refractivity contribution is 6.00. The fraction of sp³-hybridized carbons (Fsp3) is 0.500. The second-order valence-electron chi connectivity index (χ2n) is 5.97. The largest absolute Gasteiger partial charge is 0.331 e. The number of ketones is 1. The van der Waals surface area contributed by atoms with Crippen LogP contribution in [0.4, 0.5) is 0 Å². The van der Waals surface area contributed by atoms with E-state index in [1.54, 1.807) is 0 Å². The van der Waals surface area contributed by atoms with Crippen molar-refractivity contribution in [3.63, 3.8) is 0 Å². The molecule has 106 valence electrons. The van der Waals surface area contributed by atoms with Gasteiger partial charge in [-0.25, -0.2) is 4.98 Å². The van der Waals surface area contributed by atoms with Crippen molar-refractivity contribution in [2.45, 2.75) is 38.6 Å². The molecule has 1 saturated carbocycles. The summed E-state index contributed by atoms with van der Waals surface area (Å²) in [5.41, 5.74) is 2.74. The first kappa shape index (κ1) is 13.3. The second kappa shape index (κ2) is 5.02. The number of hydrogen-bond acceptors (Lipinski definition) is 3. The zero-order valence-corrected chi connectivity index (χ0v) is 12.3. The Hall–Kier alpha value is -1.68. The number of hydrogen-bond donors (Lipinski definition) is 1. The molecule has 1 fully saturated rings. The fourth-order valence-corrected chi connectivity index (χ4v) is 2.53. The van der Waals surface area contributed by atoms with Gasteiger partial charge in [0.2, 0.25) is 0 Å². The number of nitrogens with one attached hydrogen (secondary N) is 1. The van der Waals surface area contributed by atoms with Gasteiger partial charge in [0.1, 0.15) is 5.82 Å². The third-order valence-corrected chi connectivity index (χ3v) is 3.88. The van der Waals surface area contributed by atoms with Crippen molar-refractivity contribution >= 4 is 16.8 Å². The minimum absolute atomic E-state index is 0.149. The number of rotatable bonds is 5. The van der Waals surface area contributed by atoms with Gasteiger partial charge in [0.25, 0.3) is 0 Å². The summed E-state index contributed by atoms with van der Waals surface area (Å²) < 4.78 is 2.11. The molecule has 4 heteroatoms. The standard InChI is InChI=1S/C16H21N3O/c1-10(2)16-18-13-8-11(4-7-14(13)19(16)3)15(20)9-17-12-5-6-12/h4,7-8,10,12,17H,5-6,9H2,1-3H3. The molecule has 1 heterocycles. The van der Waals surface area contributed by atoms with Gasteiger partial charge < -0.3 is 9.88 Å². The number of imidazole rings is 1. The maximum absolute atomic E-state index is 12.1. The molecule has 0 unspecified atom stereocenters. The van der Waals surface area contributed by atoms with Crippen LogP contribution in [0.15, 0.2) is 18.2 Å². The monoisotopic (exact) mass is 271 g/mol. The number of nitrogens with zero attached hydrogens (tertiary/aromatic N) is 2. The lowest BCUT2D eigenvalue weighted by Crippen LogP contribution is -2.24. The molecule has 0 bridgehead atoms. The van der Waals surface area contributed by atoms with E-state index in [1.807, 2.05) is 25.2 Å². The van der Waals surface area contributed by atoms with Gasteiger partial charge in [0.15, 0.2) is 5.78 Å². The summed E-state index contributed by atoms with van der Waals surface area (Å²) in [4.78, 5) is 16.8. The molecule has 1 N–H and O–H groups in total. The van der Waals surface area contributed by atoms with Gasteiger partial charge in [-0.1, -0.05) is 13.8 Å². The van der Waals surface area contributed by atoms with Crippen molar-refractivity contribution in [1.29, 1.82) is 0 Å². The quantitative estimate of drug-likeness (QED) is 0.850. The lowest BCUT2D eigenvalue weighted by atomic mass is 10.1. The summed E-state index contributed by atoms with van der Waals surface area (Å²) in [7, 11) is 2.03. The fourth-order valence-electron chi connectivity index (χ4n) is 2.53. The lowest BCUT2D eigenvalue weighted by Gasteiger charge is -2.04. The van der Waals surface area contributed by atoms with Crippen LogP contribution in [-0.4, -0.2) is 27.9 Å². The van der Waals surface area contributed by atoms with Crippen LogP contribution in [0.5, 0.6) is 0 Å². The van der Waals surface area contributed by atoms with E-state index < -0.39 is 0 Å². The van der Waals surface area contributed by atoms with Crippen LogP contribution in [0, 0.1) is 0 Å². The van der Waals surface area contributed by atoms with Gasteiger partial charge in [-0.3, -0.25) is 4.79 Å². The first-order chi connectivity index (χ1) is 9.56. The number of aromatic nitrogens is 2. The Labute approximate surface area is 119 Å². The molecule has 0 saturated heterocycles. The molecule has 0 aliphatic heterocycles. The predicted octanol–water partition coefficient (Wildman–Crippen LogP) is 2.63. The van der Waals surface area contributed by atoms with Crippen molar-refractivity contribution in [2.24, 2.45) is 7.05 Å². The van der Waals surface area contributed by atoms with Crippen LogP contribution in [0.1, 0.15) is 48.8 Å². The number of carbonyl (C=O) groups is 1. The molecule has 1 aliphatic carbocycles. The number of carbonyl (C=O) groups excluding carboxylic acids is 1. The van der Waals surface area contributed by atoms with E-state index in [-0.39, 0.29) is 5.78 Å². The third kappa shape index (κ3) is 2.48. The smallest absolute Gasteiger partial charge is 0.176 e. The number of Topliss-reactive ketones (excluding diaryl/α,β-unsaturated/α-hetero) is 1. The van der Waals surface area contributed by atoms with E-state index >= 15 is 0 Å². The minimum Gasteiger partial charge on any atom is -0.331 e. The van der Waals surface area contributed by atoms with E-state index in [0.29, 0.717) is 18.5 Å². The van der Waals surface area contributed by atoms with Crippen LogP contribution in [-0.2, 0) is 7.05 Å². The maximum atomic E-state index is 12.1. The Balaban J connectivity index is 1.87. The Morgan fingerprint density at radius 1 is 1.45 bits per heavy atom. The molecule has 1 aromatic carbocycles. The van der Waals surface area contributed by atoms with E-state index in [1.165, 1.54) is 12.8 Å². The maximum Gasteiger partial charge on any atom is 0.176 e. The van der Waals surface area contributed by atoms with Crippen molar-refractivity contribution in [1.82, 2.24) is 14.9 Å². The van der Waals surface area contributed by atoms with Crippen LogP contribution in [0.25, 0.3) is 11.0 Å². The molecule has 2 aromatic rings. The van der Waals surface area contributed by atoms with Gasteiger partial charge in [-0.05, 0) is 31.0 Å². The molecule has 3 rings (SSSR count). The van der Waals surface area contributed by atoms with Crippen LogP contribution in [0.2, 0.25) is 0 Å². The SMILES string of the molecule is CC(C)c1nc2cc(C(=O)CNC3CC3)ccc2n1C. The summed E-state index contributed by atoms with van der Waals surface area (Å²) in [6.07, 6.45) is 2.40. The van der Waals surface area contributed by atoms with E-state index in [9.17, 15) is 4.79 Å². The third-order valence-electron chi connectivity index (χ3n) is 3.88. The molecular weight excluding hydrogens is 250 g/mol. The van der Waals surface area contributed by atoms with E-state index in [0.717, 1.165) is 22.4 Å². The Morgan fingerprint density at radius 2 is 2.20 bits per heavy atom. The summed E-state index contributed by atoms with van der Waals surface area (Å²) >= 11 is 0. The lowest BCUT2D eigenvalue weighted by molar-refractivity contribution is 0.0990. The van der Waals surface area contributed by atoms with Crippen LogP contribution < -0.4 is 5.32 Å². The van der Waals surface area contributed by atoms with Crippen LogP contribution >= 0.6 is 0 Å². The highest BCUT2D eigenvalue weighted by Crippen LogP contribution is 2.22. The highest BCUT2D eigenvalue weighted by atomic mass is 16.1. The zero-order valence-electron chi connectivity index (χ0n) is 12.3. The first-order valence-corrected chi connectivity index (χ1v) is 7.29. The topological polar surface area (TPSA) is 46.9 Å². The Kier molecular flexibility index (Phi) is 3.34. The average Bonchev–Trinajstić information content (AvgIpc) is 3.19. The molecule has 0 radical (unpaired) electrons. The van der Waals surface area contributed by atoms with E-state index in [2.05, 4.69) is 28.7 Å². The number of aryl methyl sites for hydroxylation is 1. The average molecular weight is 271 g/mol. The molecule has 1 aliphatic rings. The number of benzene rings is 1. The van der Waals surface area contributed by atoms with Crippen molar-refractivity contribution < 1.29 is 4.79 Å². The van der Waals surface area contributed by atoms with Crippen molar-refractivity contribution in [2.75, 3.05) is 6.54 Å². The highest BCUT2D eigenvalue weighted by Gasteiger charge is 2.21. The summed E-state index contributed by atoms with van der Waals surface area (Å²) in [5, 5.41) is 3.26. The minimum atomic E-state index is 0.149. The van der Waals surface area contributed by atoms with Gasteiger partial charge in [-0.2, -0.15) is 0 Å². The van der Waals surface area contributed by atoms with Gasteiger partial charge in [0, 0.05) is 24.6 Å². The normalized spacial score (nSPS) is 15.2. The Morgan fingerprint density at radius 3 is 2.85 bits per heavy atom. The summed E-state index contributed by atoms with van der Waals surface area (Å²) in [6, 6.07) is 6.38. The Bertz CT molecular complexity index is 653. The summed E-state index contributed by atoms with van der Waals surface area (Å²) in [5.74, 6) is 1.58. The molecule has 0 atom stereocenters. The molecule has 0 amide bonds. The number of fused-ring (bicyclic) bond motifs is 1. The van der Waals surface area contributed by atoms with E-state index in [4.69, 9.17) is 0 Å². The molecule has 1 aromatic heterocycles. The van der Waals surface area contributed by atoms with Crippen molar-refractivity contribution in [3.8, 4) is 0 Å². The molecule has 0 spiro atoms. The molecular formula is C16H21N3O.